The standard InChI is InChI=1S/C15H20ClNO4/c1-3-4-5-6-7-11(2)21-15(18)12-8-9-14(17(19)20)13(16)10-12/h8-11H,3-7H2,1-2H3. The lowest BCUT2D eigenvalue weighted by molar-refractivity contribution is -0.384. The maximum atomic E-state index is 11.9. The van der Waals surface area contributed by atoms with Gasteiger partial charge >= 0.3 is 5.97 Å². The molecule has 0 saturated heterocycles. The molecular weight excluding hydrogens is 294 g/mol. The Hall–Kier alpha value is -1.62. The predicted molar refractivity (Wildman–Crippen MR) is 81.7 cm³/mol. The van der Waals surface area contributed by atoms with Gasteiger partial charge in [0.15, 0.2) is 0 Å². The highest BCUT2D eigenvalue weighted by molar-refractivity contribution is 6.33. The summed E-state index contributed by atoms with van der Waals surface area (Å²) in [6.07, 6.45) is 5.12. The zero-order chi connectivity index (χ0) is 15.8. The second-order valence-corrected chi connectivity index (χ2v) is 5.40. The Morgan fingerprint density at radius 1 is 1.38 bits per heavy atom. The van der Waals surface area contributed by atoms with Crippen LogP contribution in [0.4, 0.5) is 5.69 Å². The zero-order valence-corrected chi connectivity index (χ0v) is 13.1. The molecule has 1 rings (SSSR count). The summed E-state index contributed by atoms with van der Waals surface area (Å²) in [6, 6.07) is 3.84. The topological polar surface area (TPSA) is 69.4 Å². The number of nitro groups is 1. The summed E-state index contributed by atoms with van der Waals surface area (Å²) in [6.45, 7) is 3.98. The lowest BCUT2D eigenvalue weighted by atomic mass is 10.1. The second-order valence-electron chi connectivity index (χ2n) is 4.99. The Morgan fingerprint density at radius 3 is 2.67 bits per heavy atom. The van der Waals surface area contributed by atoms with Crippen LogP contribution in [0.5, 0.6) is 0 Å². The molecule has 116 valence electrons. The minimum absolute atomic E-state index is 0.0648. The van der Waals surface area contributed by atoms with Crippen LogP contribution < -0.4 is 0 Å². The van der Waals surface area contributed by atoms with E-state index in [4.69, 9.17) is 16.3 Å². The van der Waals surface area contributed by atoms with Gasteiger partial charge in [0.25, 0.3) is 5.69 Å². The first-order valence-electron chi connectivity index (χ1n) is 7.10. The third kappa shape index (κ3) is 5.71. The molecule has 0 aromatic heterocycles. The van der Waals surface area contributed by atoms with Gasteiger partial charge in [0.1, 0.15) is 5.02 Å². The second kappa shape index (κ2) is 8.62. The maximum Gasteiger partial charge on any atom is 0.338 e. The van der Waals surface area contributed by atoms with E-state index in [0.29, 0.717) is 0 Å². The van der Waals surface area contributed by atoms with Gasteiger partial charge in [-0.2, -0.15) is 0 Å². The molecule has 0 N–H and O–H groups in total. The summed E-state index contributed by atoms with van der Waals surface area (Å²) in [5.74, 6) is -0.505. The van der Waals surface area contributed by atoms with Crippen molar-refractivity contribution in [1.82, 2.24) is 0 Å². The molecule has 0 amide bonds. The Morgan fingerprint density at radius 2 is 2.10 bits per heavy atom. The van der Waals surface area contributed by atoms with Crippen molar-refractivity contribution in [3.05, 3.63) is 38.9 Å². The van der Waals surface area contributed by atoms with E-state index in [-0.39, 0.29) is 22.4 Å². The van der Waals surface area contributed by atoms with E-state index >= 15 is 0 Å². The monoisotopic (exact) mass is 313 g/mol. The number of nitro benzene ring substituents is 1. The van der Waals surface area contributed by atoms with Gasteiger partial charge in [-0.25, -0.2) is 4.79 Å². The summed E-state index contributed by atoms with van der Waals surface area (Å²) >= 11 is 5.77. The van der Waals surface area contributed by atoms with Crippen LogP contribution in [0.2, 0.25) is 5.02 Å². The van der Waals surface area contributed by atoms with Crippen molar-refractivity contribution in [3.63, 3.8) is 0 Å². The third-order valence-corrected chi connectivity index (χ3v) is 3.46. The number of benzene rings is 1. The summed E-state index contributed by atoms with van der Waals surface area (Å²) in [5.41, 5.74) is 0.00633. The molecule has 0 aliphatic heterocycles. The number of halogens is 1. The minimum atomic E-state index is -0.589. The van der Waals surface area contributed by atoms with Crippen LogP contribution >= 0.6 is 11.6 Å². The molecule has 1 aromatic carbocycles. The summed E-state index contributed by atoms with van der Waals surface area (Å²) < 4.78 is 5.30. The van der Waals surface area contributed by atoms with Crippen LogP contribution in [-0.4, -0.2) is 17.0 Å². The molecule has 21 heavy (non-hydrogen) atoms. The summed E-state index contributed by atoms with van der Waals surface area (Å²) in [5, 5.41) is 10.6. The van der Waals surface area contributed by atoms with Crippen LogP contribution in [-0.2, 0) is 4.74 Å². The van der Waals surface area contributed by atoms with E-state index in [9.17, 15) is 14.9 Å². The lowest BCUT2D eigenvalue weighted by Crippen LogP contribution is -2.15. The first-order valence-corrected chi connectivity index (χ1v) is 7.48. The molecule has 1 aromatic rings. The largest absolute Gasteiger partial charge is 0.459 e. The van der Waals surface area contributed by atoms with Gasteiger partial charge in [-0.3, -0.25) is 10.1 Å². The Bertz CT molecular complexity index is 504. The molecule has 0 bridgehead atoms. The van der Waals surface area contributed by atoms with Crippen LogP contribution in [0.3, 0.4) is 0 Å². The Balaban J connectivity index is 2.55. The number of hydrogen-bond donors (Lipinski definition) is 0. The highest BCUT2D eigenvalue weighted by Crippen LogP contribution is 2.25. The number of esters is 1. The quantitative estimate of drug-likeness (QED) is 0.300. The average Bonchev–Trinajstić information content (AvgIpc) is 2.43. The molecule has 5 nitrogen and oxygen atoms in total. The van der Waals surface area contributed by atoms with Crippen molar-refractivity contribution in [3.8, 4) is 0 Å². The van der Waals surface area contributed by atoms with Gasteiger partial charge in [0.2, 0.25) is 0 Å². The fourth-order valence-electron chi connectivity index (χ4n) is 1.95. The van der Waals surface area contributed by atoms with E-state index in [1.807, 2.05) is 6.92 Å². The summed E-state index contributed by atoms with van der Waals surface area (Å²) in [7, 11) is 0. The van der Waals surface area contributed by atoms with Crippen LogP contribution in [0, 0.1) is 10.1 Å². The first-order chi connectivity index (χ1) is 9.95. The molecule has 0 saturated carbocycles. The number of hydrogen-bond acceptors (Lipinski definition) is 4. The molecule has 0 aliphatic rings. The molecule has 1 unspecified atom stereocenters. The fraction of sp³-hybridized carbons (Fsp3) is 0.533. The highest BCUT2D eigenvalue weighted by Gasteiger charge is 2.17. The number of unbranched alkanes of at least 4 members (excludes halogenated alkanes) is 3. The number of carbonyl (C=O) groups excluding carboxylic acids is 1. The lowest BCUT2D eigenvalue weighted by Gasteiger charge is -2.13. The van der Waals surface area contributed by atoms with E-state index in [2.05, 4.69) is 6.92 Å². The van der Waals surface area contributed by atoms with Crippen molar-refractivity contribution in [1.29, 1.82) is 0 Å². The van der Waals surface area contributed by atoms with Gasteiger partial charge in [-0.15, -0.1) is 0 Å². The molecule has 0 radical (unpaired) electrons. The molecule has 1 atom stereocenters. The normalized spacial score (nSPS) is 12.0. The molecule has 0 aliphatic carbocycles. The molecule has 6 heteroatoms. The number of carbonyl (C=O) groups is 1. The van der Waals surface area contributed by atoms with Gasteiger partial charge in [0, 0.05) is 6.07 Å². The van der Waals surface area contributed by atoms with Crippen molar-refractivity contribution in [2.45, 2.75) is 52.1 Å². The van der Waals surface area contributed by atoms with Gasteiger partial charge in [0.05, 0.1) is 16.6 Å². The smallest absolute Gasteiger partial charge is 0.338 e. The molecule has 0 fully saturated rings. The van der Waals surface area contributed by atoms with Crippen LogP contribution in [0.25, 0.3) is 0 Å². The van der Waals surface area contributed by atoms with Crippen molar-refractivity contribution < 1.29 is 14.5 Å². The highest BCUT2D eigenvalue weighted by atomic mass is 35.5. The van der Waals surface area contributed by atoms with Crippen molar-refractivity contribution in [2.75, 3.05) is 0 Å². The Kier molecular flexibility index (Phi) is 7.15. The number of rotatable bonds is 8. The van der Waals surface area contributed by atoms with Gasteiger partial charge in [-0.05, 0) is 31.9 Å². The maximum absolute atomic E-state index is 11.9. The number of ether oxygens (including phenoxy) is 1. The van der Waals surface area contributed by atoms with Gasteiger partial charge < -0.3 is 4.74 Å². The van der Waals surface area contributed by atoms with Crippen molar-refractivity contribution >= 4 is 23.3 Å². The molecule has 0 heterocycles. The molecular formula is C15H20ClNO4. The van der Waals surface area contributed by atoms with E-state index in [1.165, 1.54) is 24.6 Å². The van der Waals surface area contributed by atoms with Crippen LogP contribution in [0.15, 0.2) is 18.2 Å². The van der Waals surface area contributed by atoms with Gasteiger partial charge in [-0.1, -0.05) is 37.8 Å². The van der Waals surface area contributed by atoms with E-state index in [1.54, 1.807) is 0 Å². The summed E-state index contributed by atoms with van der Waals surface area (Å²) in [4.78, 5) is 22.0. The number of nitrogens with zero attached hydrogens (tertiary/aromatic N) is 1. The third-order valence-electron chi connectivity index (χ3n) is 3.15. The predicted octanol–water partition coefficient (Wildman–Crippen LogP) is 4.76. The first kappa shape index (κ1) is 17.4. The fourth-order valence-corrected chi connectivity index (χ4v) is 2.20. The average molecular weight is 314 g/mol. The van der Waals surface area contributed by atoms with E-state index in [0.717, 1.165) is 25.7 Å². The minimum Gasteiger partial charge on any atom is -0.459 e. The SMILES string of the molecule is CCCCCCC(C)OC(=O)c1ccc([N+](=O)[O-])c(Cl)c1. The van der Waals surface area contributed by atoms with Crippen LogP contribution in [0.1, 0.15) is 56.3 Å². The molecule has 0 spiro atoms. The van der Waals surface area contributed by atoms with Crippen molar-refractivity contribution in [2.24, 2.45) is 0 Å². The zero-order valence-electron chi connectivity index (χ0n) is 12.3. The Labute approximate surface area is 129 Å². The van der Waals surface area contributed by atoms with E-state index < -0.39 is 10.9 Å².